The minimum absolute atomic E-state index is 0. The molecule has 0 radical (unpaired) electrons. The average Bonchev–Trinajstić information content (AvgIpc) is 1.76. The molecule has 0 N–H and O–H groups in total. The van der Waals surface area contributed by atoms with Crippen LogP contribution in [-0.4, -0.2) is 0 Å². The molecule has 6 heavy (non-hydrogen) atoms. The first-order valence-electron chi connectivity index (χ1n) is 1.67. The molecule has 0 fully saturated rings. The number of rotatable bonds is 0. The van der Waals surface area contributed by atoms with E-state index < -0.39 is 0 Å². The summed E-state index contributed by atoms with van der Waals surface area (Å²) in [6.07, 6.45) is 0. The summed E-state index contributed by atoms with van der Waals surface area (Å²) in [6.45, 7) is 0. The van der Waals surface area contributed by atoms with Gasteiger partial charge in [0.2, 0.25) is 0 Å². The Hall–Kier alpha value is 0.869. The topological polar surface area (TPSA) is 0 Å². The molecular weight excluding hydrogens is 233 g/mol. The van der Waals surface area contributed by atoms with Crippen molar-refractivity contribution < 1.29 is 46.9 Å². The first kappa shape index (κ1) is 6.87. The molecule has 40 valence electrons. The van der Waals surface area contributed by atoms with E-state index in [1.807, 2.05) is 30.3 Å². The van der Waals surface area contributed by atoms with Gasteiger partial charge in [-0.3, -0.25) is 0 Å². The fourth-order valence-corrected chi connectivity index (χ4v) is 0.321. The van der Waals surface area contributed by atoms with Crippen LogP contribution in [0.25, 0.3) is 0 Å². The molecule has 1 aromatic carbocycles. The summed E-state index contributed by atoms with van der Waals surface area (Å²) in [5, 5.41) is 0. The maximum absolute atomic E-state index is 2.00. The van der Waals surface area contributed by atoms with Gasteiger partial charge in [0.1, 0.15) is 0 Å². The molecule has 0 spiro atoms. The Morgan fingerprint density at radius 2 is 1.50 bits per heavy atom. The average molecular weight is 238 g/mol. The van der Waals surface area contributed by atoms with Gasteiger partial charge in [-0.15, -0.1) is 0 Å². The van der Waals surface area contributed by atoms with E-state index in [2.05, 4.69) is 0 Å². The van der Waals surface area contributed by atoms with Gasteiger partial charge in [-0.05, 0) is 0 Å². The summed E-state index contributed by atoms with van der Waals surface area (Å²) >= 11 is 0. The second-order valence-electron chi connectivity index (χ2n) is 0.962. The Kier molecular flexibility index (Phi) is 4.63. The maximum Gasteiger partial charge on any atom is 0 e. The molecule has 0 saturated heterocycles. The zero-order chi connectivity index (χ0) is 3.54. The molecule has 0 aliphatic heterocycles. The van der Waals surface area contributed by atoms with E-state index in [1.165, 1.54) is 0 Å². The van der Waals surface area contributed by atoms with Crippen molar-refractivity contribution in [2.24, 2.45) is 0 Å². The molecule has 0 unspecified atom stereocenters. The summed E-state index contributed by atoms with van der Waals surface area (Å²) in [5.41, 5.74) is 0. The van der Waals surface area contributed by atoms with Gasteiger partial charge in [-0.25, -0.2) is 12.1 Å². The molecule has 0 aliphatic carbocycles. The third-order valence-corrected chi connectivity index (χ3v) is 0.556. The van der Waals surface area contributed by atoms with Crippen LogP contribution in [-0.2, 0) is 0 Å². The Bertz CT molecular complexity index is 60.4. The SMILES string of the molecule is [Yb].c1cc[cH-]c1. The predicted octanol–water partition coefficient (Wildman–Crippen LogP) is 1.41. The van der Waals surface area contributed by atoms with Crippen molar-refractivity contribution in [3.63, 3.8) is 0 Å². The van der Waals surface area contributed by atoms with Crippen LogP contribution >= 0.6 is 0 Å². The molecule has 0 heterocycles. The molecule has 0 saturated carbocycles. The van der Waals surface area contributed by atoms with Crippen molar-refractivity contribution >= 4 is 0 Å². The van der Waals surface area contributed by atoms with Gasteiger partial charge < -0.3 is 0 Å². The predicted molar refractivity (Wildman–Crippen MR) is 22.0 cm³/mol. The molecule has 0 atom stereocenters. The monoisotopic (exact) mass is 239 g/mol. The second-order valence-corrected chi connectivity index (χ2v) is 0.962. The van der Waals surface area contributed by atoms with Crippen molar-refractivity contribution in [1.29, 1.82) is 0 Å². The summed E-state index contributed by atoms with van der Waals surface area (Å²) in [4.78, 5) is 0. The van der Waals surface area contributed by atoms with E-state index in [0.717, 1.165) is 0 Å². The minimum atomic E-state index is 0. The Labute approximate surface area is 76.2 Å². The van der Waals surface area contributed by atoms with E-state index in [-0.39, 0.29) is 46.9 Å². The van der Waals surface area contributed by atoms with Gasteiger partial charge in [0.25, 0.3) is 0 Å². The fraction of sp³-hybridized carbons (Fsp3) is 0. The number of hydrogen-bond acceptors (Lipinski definition) is 0. The molecule has 0 nitrogen and oxygen atoms in total. The van der Waals surface area contributed by atoms with Gasteiger partial charge in [-0.1, -0.05) is 0 Å². The van der Waals surface area contributed by atoms with Crippen molar-refractivity contribution in [2.75, 3.05) is 0 Å². The minimum Gasteiger partial charge on any atom is -0.214 e. The third kappa shape index (κ3) is 2.12. The summed E-state index contributed by atoms with van der Waals surface area (Å²) in [5.74, 6) is 0. The Morgan fingerprint density at radius 1 is 1.00 bits per heavy atom. The quantitative estimate of drug-likeness (QED) is 0.599. The van der Waals surface area contributed by atoms with E-state index in [4.69, 9.17) is 0 Å². The van der Waals surface area contributed by atoms with Gasteiger partial charge in [0, 0.05) is 46.9 Å². The van der Waals surface area contributed by atoms with Crippen molar-refractivity contribution in [3.8, 4) is 0 Å². The Morgan fingerprint density at radius 3 is 1.67 bits per heavy atom. The number of hydrogen-bond donors (Lipinski definition) is 0. The zero-order valence-electron chi connectivity index (χ0n) is 3.15. The van der Waals surface area contributed by atoms with Gasteiger partial charge in [0.05, 0.1) is 0 Å². The van der Waals surface area contributed by atoms with Crippen molar-refractivity contribution in [2.45, 2.75) is 0 Å². The molecular formula is C5H5Yb-. The summed E-state index contributed by atoms with van der Waals surface area (Å²) in [7, 11) is 0. The van der Waals surface area contributed by atoms with Crippen LogP contribution in [0, 0.1) is 46.9 Å². The van der Waals surface area contributed by atoms with E-state index in [9.17, 15) is 0 Å². The first-order chi connectivity index (χ1) is 2.50. The summed E-state index contributed by atoms with van der Waals surface area (Å²) in [6, 6.07) is 10.0. The van der Waals surface area contributed by atoms with Crippen LogP contribution in [0.1, 0.15) is 0 Å². The van der Waals surface area contributed by atoms with Crippen molar-refractivity contribution in [3.05, 3.63) is 30.3 Å². The molecule has 0 bridgehead atoms. The van der Waals surface area contributed by atoms with Gasteiger partial charge in [0.15, 0.2) is 0 Å². The molecule has 1 aromatic rings. The maximum atomic E-state index is 2.00. The van der Waals surface area contributed by atoms with Crippen LogP contribution in [0.4, 0.5) is 0 Å². The van der Waals surface area contributed by atoms with Crippen LogP contribution in [0.5, 0.6) is 0 Å². The van der Waals surface area contributed by atoms with Crippen LogP contribution < -0.4 is 0 Å². The first-order valence-corrected chi connectivity index (χ1v) is 1.67. The Balaban J connectivity index is 0.000000250. The van der Waals surface area contributed by atoms with Crippen LogP contribution in [0.3, 0.4) is 0 Å². The summed E-state index contributed by atoms with van der Waals surface area (Å²) < 4.78 is 0. The smallest absolute Gasteiger partial charge is 0 e. The fourth-order valence-electron chi connectivity index (χ4n) is 0.321. The van der Waals surface area contributed by atoms with Gasteiger partial charge in [-0.2, -0.15) is 18.2 Å². The molecule has 0 aliphatic rings. The standard InChI is InChI=1S/C5H5.Yb/c1-2-4-5-3-1;/h1-5H;/q-1;. The second kappa shape index (κ2) is 4.04. The van der Waals surface area contributed by atoms with E-state index in [1.54, 1.807) is 0 Å². The molecule has 1 rings (SSSR count). The normalized spacial score (nSPS) is 6.67. The van der Waals surface area contributed by atoms with Gasteiger partial charge >= 0.3 is 0 Å². The third-order valence-electron chi connectivity index (χ3n) is 0.556. The molecule has 0 amide bonds. The van der Waals surface area contributed by atoms with Crippen molar-refractivity contribution in [1.82, 2.24) is 0 Å². The zero-order valence-corrected chi connectivity index (χ0v) is 4.87. The van der Waals surface area contributed by atoms with Crippen LogP contribution in [0.2, 0.25) is 0 Å². The van der Waals surface area contributed by atoms with E-state index >= 15 is 0 Å². The largest absolute Gasteiger partial charge is 0.214 e. The molecule has 1 heteroatoms. The van der Waals surface area contributed by atoms with Crippen LogP contribution in [0.15, 0.2) is 30.3 Å². The van der Waals surface area contributed by atoms with E-state index in [0.29, 0.717) is 0 Å². The molecule has 0 aromatic heterocycles.